The molecule has 6 nitrogen and oxygen atoms in total. The molecule has 0 atom stereocenters. The average molecular weight is 364 g/mol. The highest BCUT2D eigenvalue weighted by Crippen LogP contribution is 2.26. The van der Waals surface area contributed by atoms with Crippen LogP contribution in [0.15, 0.2) is 59.7 Å². The molecule has 0 fully saturated rings. The van der Waals surface area contributed by atoms with Gasteiger partial charge in [0.1, 0.15) is 17.2 Å². The molecule has 0 saturated heterocycles. The zero-order chi connectivity index (χ0) is 19.2. The van der Waals surface area contributed by atoms with Crippen molar-refractivity contribution < 1.29 is 19.0 Å². The van der Waals surface area contributed by atoms with Gasteiger partial charge in [-0.25, -0.2) is 5.43 Å². The van der Waals surface area contributed by atoms with Crippen LogP contribution in [0.4, 0.5) is 0 Å². The minimum absolute atomic E-state index is 0.365. The van der Waals surface area contributed by atoms with E-state index in [4.69, 9.17) is 14.2 Å². The van der Waals surface area contributed by atoms with Crippen molar-refractivity contribution >= 4 is 22.9 Å². The molecule has 0 bridgehead atoms. The molecule has 0 aliphatic carbocycles. The van der Waals surface area contributed by atoms with Gasteiger partial charge in [-0.3, -0.25) is 4.79 Å². The maximum Gasteiger partial charge on any atom is 0.275 e. The Morgan fingerprint density at radius 1 is 0.889 bits per heavy atom. The second-order valence-electron chi connectivity index (χ2n) is 5.71. The summed E-state index contributed by atoms with van der Waals surface area (Å²) in [6.45, 7) is 0. The number of hydrazone groups is 1. The molecule has 0 radical (unpaired) electrons. The number of ether oxygens (including phenoxy) is 3. The van der Waals surface area contributed by atoms with Gasteiger partial charge in [0, 0.05) is 5.56 Å². The van der Waals surface area contributed by atoms with Gasteiger partial charge in [-0.1, -0.05) is 24.3 Å². The van der Waals surface area contributed by atoms with Crippen LogP contribution < -0.4 is 19.6 Å². The highest BCUT2D eigenvalue weighted by Gasteiger charge is 2.13. The third kappa shape index (κ3) is 4.00. The fourth-order valence-electron chi connectivity index (χ4n) is 2.73. The van der Waals surface area contributed by atoms with Gasteiger partial charge in [0.2, 0.25) is 0 Å². The highest BCUT2D eigenvalue weighted by atomic mass is 16.5. The first-order valence-electron chi connectivity index (χ1n) is 8.28. The Bertz CT molecular complexity index is 999. The van der Waals surface area contributed by atoms with Crippen LogP contribution in [0, 0.1) is 0 Å². The van der Waals surface area contributed by atoms with Crippen LogP contribution in [-0.2, 0) is 0 Å². The van der Waals surface area contributed by atoms with Crippen molar-refractivity contribution in [2.24, 2.45) is 5.10 Å². The maximum absolute atomic E-state index is 12.6. The van der Waals surface area contributed by atoms with E-state index in [0.717, 1.165) is 10.8 Å². The summed E-state index contributed by atoms with van der Waals surface area (Å²) in [5.74, 6) is 1.41. The maximum atomic E-state index is 12.6. The molecular formula is C21H20N2O4. The summed E-state index contributed by atoms with van der Waals surface area (Å²) in [4.78, 5) is 12.6. The van der Waals surface area contributed by atoms with E-state index in [1.165, 1.54) is 13.3 Å². The predicted molar refractivity (Wildman–Crippen MR) is 105 cm³/mol. The van der Waals surface area contributed by atoms with Crippen molar-refractivity contribution in [3.05, 3.63) is 65.7 Å². The van der Waals surface area contributed by atoms with Gasteiger partial charge >= 0.3 is 0 Å². The van der Waals surface area contributed by atoms with E-state index in [-0.39, 0.29) is 5.91 Å². The van der Waals surface area contributed by atoms with Gasteiger partial charge in [-0.2, -0.15) is 5.10 Å². The first-order valence-corrected chi connectivity index (χ1v) is 8.28. The molecule has 6 heteroatoms. The lowest BCUT2D eigenvalue weighted by Gasteiger charge is -2.09. The molecule has 3 aromatic rings. The van der Waals surface area contributed by atoms with Crippen LogP contribution in [0.3, 0.4) is 0 Å². The third-order valence-electron chi connectivity index (χ3n) is 4.12. The Balaban J connectivity index is 1.84. The van der Waals surface area contributed by atoms with Crippen LogP contribution >= 0.6 is 0 Å². The summed E-state index contributed by atoms with van der Waals surface area (Å²) in [6, 6.07) is 16.7. The number of nitrogens with zero attached hydrogens (tertiary/aromatic N) is 1. The molecule has 0 unspecified atom stereocenters. The summed E-state index contributed by atoms with van der Waals surface area (Å²) < 4.78 is 15.9. The van der Waals surface area contributed by atoms with E-state index < -0.39 is 0 Å². The van der Waals surface area contributed by atoms with Gasteiger partial charge in [0.15, 0.2) is 0 Å². The molecule has 0 heterocycles. The number of hydrogen-bond donors (Lipinski definition) is 1. The van der Waals surface area contributed by atoms with E-state index in [1.54, 1.807) is 38.5 Å². The number of carbonyl (C=O) groups excluding carboxylic acids is 1. The number of rotatable bonds is 6. The summed E-state index contributed by atoms with van der Waals surface area (Å²) in [5, 5.41) is 5.98. The van der Waals surface area contributed by atoms with Crippen LogP contribution in [0.5, 0.6) is 17.2 Å². The van der Waals surface area contributed by atoms with E-state index >= 15 is 0 Å². The topological polar surface area (TPSA) is 69.2 Å². The van der Waals surface area contributed by atoms with Crippen molar-refractivity contribution in [2.75, 3.05) is 21.3 Å². The normalized spacial score (nSPS) is 10.8. The van der Waals surface area contributed by atoms with Gasteiger partial charge < -0.3 is 14.2 Å². The number of hydrogen-bond acceptors (Lipinski definition) is 5. The van der Waals surface area contributed by atoms with Crippen molar-refractivity contribution in [3.8, 4) is 17.2 Å². The average Bonchev–Trinajstić information content (AvgIpc) is 2.72. The first kappa shape index (κ1) is 18.3. The van der Waals surface area contributed by atoms with E-state index in [9.17, 15) is 4.79 Å². The molecule has 0 spiro atoms. The summed E-state index contributed by atoms with van der Waals surface area (Å²) in [5.41, 5.74) is 3.62. The molecule has 3 rings (SSSR count). The summed E-state index contributed by atoms with van der Waals surface area (Å²) in [7, 11) is 4.68. The predicted octanol–water partition coefficient (Wildman–Crippen LogP) is 3.63. The molecule has 1 amide bonds. The number of carbonyl (C=O) groups is 1. The minimum Gasteiger partial charge on any atom is -0.497 e. The Morgan fingerprint density at radius 3 is 2.26 bits per heavy atom. The van der Waals surface area contributed by atoms with E-state index in [0.29, 0.717) is 28.4 Å². The molecule has 3 aromatic carbocycles. The lowest BCUT2D eigenvalue weighted by atomic mass is 10.1. The fraction of sp³-hybridized carbons (Fsp3) is 0.143. The van der Waals surface area contributed by atoms with Crippen molar-refractivity contribution in [1.29, 1.82) is 0 Å². The van der Waals surface area contributed by atoms with Crippen LogP contribution in [0.2, 0.25) is 0 Å². The number of nitrogens with one attached hydrogen (secondary N) is 1. The van der Waals surface area contributed by atoms with Crippen molar-refractivity contribution in [2.45, 2.75) is 0 Å². The minimum atomic E-state index is -0.365. The first-order chi connectivity index (χ1) is 13.2. The second kappa shape index (κ2) is 8.23. The lowest BCUT2D eigenvalue weighted by molar-refractivity contribution is 0.0952. The Hall–Kier alpha value is -3.54. The molecule has 0 aliphatic heterocycles. The number of benzene rings is 3. The molecule has 0 aromatic heterocycles. The lowest BCUT2D eigenvalue weighted by Crippen LogP contribution is -2.18. The van der Waals surface area contributed by atoms with Gasteiger partial charge in [-0.05, 0) is 41.1 Å². The SMILES string of the molecule is COc1ccc(OC)c(/C=N\NC(=O)c2cc3ccccc3cc2OC)c1. The highest BCUT2D eigenvalue weighted by molar-refractivity contribution is 6.02. The molecule has 27 heavy (non-hydrogen) atoms. The smallest absolute Gasteiger partial charge is 0.275 e. The second-order valence-corrected chi connectivity index (χ2v) is 5.71. The molecule has 0 aliphatic rings. The van der Waals surface area contributed by atoms with Gasteiger partial charge in [0.05, 0.1) is 33.1 Å². The molecule has 138 valence electrons. The number of fused-ring (bicyclic) bond motifs is 1. The Morgan fingerprint density at radius 2 is 1.59 bits per heavy atom. The van der Waals surface area contributed by atoms with Gasteiger partial charge in [0.25, 0.3) is 5.91 Å². The Kier molecular flexibility index (Phi) is 5.56. The quantitative estimate of drug-likeness (QED) is 0.536. The summed E-state index contributed by atoms with van der Waals surface area (Å²) >= 11 is 0. The molecular weight excluding hydrogens is 344 g/mol. The third-order valence-corrected chi connectivity index (χ3v) is 4.12. The van der Waals surface area contributed by atoms with Crippen molar-refractivity contribution in [3.63, 3.8) is 0 Å². The number of amides is 1. The monoisotopic (exact) mass is 364 g/mol. The molecule has 0 saturated carbocycles. The zero-order valence-electron chi connectivity index (χ0n) is 15.4. The van der Waals surface area contributed by atoms with E-state index in [1.807, 2.05) is 30.3 Å². The zero-order valence-corrected chi connectivity index (χ0v) is 15.4. The van der Waals surface area contributed by atoms with E-state index in [2.05, 4.69) is 10.5 Å². The van der Waals surface area contributed by atoms with Crippen LogP contribution in [-0.4, -0.2) is 33.5 Å². The Labute approximate surface area is 157 Å². The summed E-state index contributed by atoms with van der Waals surface area (Å²) in [6.07, 6.45) is 1.51. The van der Waals surface area contributed by atoms with Crippen molar-refractivity contribution in [1.82, 2.24) is 5.43 Å². The standard InChI is InChI=1S/C21H20N2O4/c1-25-17-8-9-19(26-2)16(10-17)13-22-23-21(24)18-11-14-6-4-5-7-15(14)12-20(18)27-3/h4-13H,1-3H3,(H,23,24)/b22-13-. The van der Waals surface area contributed by atoms with Gasteiger partial charge in [-0.15, -0.1) is 0 Å². The van der Waals surface area contributed by atoms with Crippen LogP contribution in [0.1, 0.15) is 15.9 Å². The van der Waals surface area contributed by atoms with Crippen LogP contribution in [0.25, 0.3) is 10.8 Å². The molecule has 1 N–H and O–H groups in total. The fourth-order valence-corrected chi connectivity index (χ4v) is 2.73. The number of methoxy groups -OCH3 is 3. The largest absolute Gasteiger partial charge is 0.497 e.